The second-order valence-corrected chi connectivity index (χ2v) is 6.95. The summed E-state index contributed by atoms with van der Waals surface area (Å²) in [5.41, 5.74) is 0.679. The number of aromatic nitrogens is 4. The average Bonchev–Trinajstić information content (AvgIpc) is 3.18. The molecule has 0 aliphatic carbocycles. The fourth-order valence-corrected chi connectivity index (χ4v) is 3.50. The SMILES string of the molecule is CCn1c(=O)[nH]c2cc(C(=O)NC(c3ccccc3)c3nccn3C)ccc2c1=O. The van der Waals surface area contributed by atoms with E-state index in [0.717, 1.165) is 10.1 Å². The predicted molar refractivity (Wildman–Crippen MR) is 113 cm³/mol. The van der Waals surface area contributed by atoms with Gasteiger partial charge < -0.3 is 14.9 Å². The first-order valence-corrected chi connectivity index (χ1v) is 9.59. The Balaban J connectivity index is 1.73. The molecule has 8 heteroatoms. The number of nitrogens with one attached hydrogen (secondary N) is 2. The summed E-state index contributed by atoms with van der Waals surface area (Å²) in [6, 6.07) is 13.8. The van der Waals surface area contributed by atoms with Gasteiger partial charge in [-0.05, 0) is 30.7 Å². The van der Waals surface area contributed by atoms with Crippen LogP contribution in [0.3, 0.4) is 0 Å². The molecule has 0 fully saturated rings. The van der Waals surface area contributed by atoms with Crippen molar-refractivity contribution in [1.82, 2.24) is 24.4 Å². The fraction of sp³-hybridized carbons (Fsp3) is 0.182. The fourth-order valence-electron chi connectivity index (χ4n) is 3.50. The van der Waals surface area contributed by atoms with Gasteiger partial charge in [0.15, 0.2) is 0 Å². The predicted octanol–water partition coefficient (Wildman–Crippen LogP) is 1.96. The van der Waals surface area contributed by atoms with Gasteiger partial charge in [0.05, 0.1) is 10.9 Å². The summed E-state index contributed by atoms with van der Waals surface area (Å²) in [5, 5.41) is 3.37. The van der Waals surface area contributed by atoms with E-state index in [4.69, 9.17) is 0 Å². The number of nitrogens with zero attached hydrogens (tertiary/aromatic N) is 3. The quantitative estimate of drug-likeness (QED) is 0.532. The molecule has 0 radical (unpaired) electrons. The molecule has 2 aromatic carbocycles. The van der Waals surface area contributed by atoms with Gasteiger partial charge in [-0.3, -0.25) is 14.2 Å². The van der Waals surface area contributed by atoms with Gasteiger partial charge >= 0.3 is 5.69 Å². The van der Waals surface area contributed by atoms with Gasteiger partial charge in [-0.2, -0.15) is 0 Å². The number of H-pyrrole nitrogens is 1. The van der Waals surface area contributed by atoms with Crippen LogP contribution in [0.1, 0.15) is 34.7 Å². The molecule has 0 saturated heterocycles. The first-order chi connectivity index (χ1) is 14.5. The van der Waals surface area contributed by atoms with E-state index in [1.54, 1.807) is 25.3 Å². The third-order valence-electron chi connectivity index (χ3n) is 5.09. The summed E-state index contributed by atoms with van der Waals surface area (Å²) in [6.45, 7) is 2.00. The van der Waals surface area contributed by atoms with Crippen molar-refractivity contribution in [2.24, 2.45) is 7.05 Å². The molecular formula is C22H21N5O3. The van der Waals surface area contributed by atoms with Crippen LogP contribution in [-0.2, 0) is 13.6 Å². The lowest BCUT2D eigenvalue weighted by Gasteiger charge is -2.19. The minimum atomic E-state index is -0.497. The van der Waals surface area contributed by atoms with Crippen LogP contribution in [-0.4, -0.2) is 25.0 Å². The van der Waals surface area contributed by atoms with Gasteiger partial charge in [-0.1, -0.05) is 30.3 Å². The highest BCUT2D eigenvalue weighted by atomic mass is 16.2. The van der Waals surface area contributed by atoms with E-state index in [9.17, 15) is 14.4 Å². The Bertz CT molecular complexity index is 1330. The zero-order valence-electron chi connectivity index (χ0n) is 16.6. The van der Waals surface area contributed by atoms with Gasteiger partial charge in [0.2, 0.25) is 0 Å². The lowest BCUT2D eigenvalue weighted by Crippen LogP contribution is -2.34. The lowest BCUT2D eigenvalue weighted by atomic mass is 10.0. The molecule has 4 aromatic rings. The van der Waals surface area contributed by atoms with E-state index < -0.39 is 11.7 Å². The Morgan fingerprint density at radius 2 is 1.93 bits per heavy atom. The van der Waals surface area contributed by atoms with Gasteiger partial charge in [0.1, 0.15) is 11.9 Å². The first-order valence-electron chi connectivity index (χ1n) is 9.59. The molecule has 152 valence electrons. The van der Waals surface area contributed by atoms with Crippen LogP contribution in [0, 0.1) is 0 Å². The first kappa shape index (κ1) is 19.4. The molecule has 2 N–H and O–H groups in total. The summed E-state index contributed by atoms with van der Waals surface area (Å²) in [7, 11) is 1.87. The molecule has 1 amide bonds. The average molecular weight is 403 g/mol. The summed E-state index contributed by atoms with van der Waals surface area (Å²) < 4.78 is 2.97. The standard InChI is InChI=1S/C22H21N5O3/c1-3-27-21(29)16-10-9-15(13-17(16)24-22(27)30)20(28)25-18(14-7-5-4-6-8-14)19-23-11-12-26(19)2/h4-13,18H,3H2,1-2H3,(H,24,30)(H,25,28). The zero-order valence-corrected chi connectivity index (χ0v) is 16.6. The lowest BCUT2D eigenvalue weighted by molar-refractivity contribution is 0.0941. The molecule has 30 heavy (non-hydrogen) atoms. The van der Waals surface area contributed by atoms with E-state index in [2.05, 4.69) is 15.3 Å². The van der Waals surface area contributed by atoms with Crippen LogP contribution in [0.15, 0.2) is 70.5 Å². The van der Waals surface area contributed by atoms with Crippen LogP contribution >= 0.6 is 0 Å². The topological polar surface area (TPSA) is 102 Å². The number of hydrogen-bond donors (Lipinski definition) is 2. The number of aryl methyl sites for hydroxylation is 1. The van der Waals surface area contributed by atoms with Crippen molar-refractivity contribution in [3.8, 4) is 0 Å². The summed E-state index contributed by atoms with van der Waals surface area (Å²) in [6.07, 6.45) is 3.49. The Hall–Kier alpha value is -3.94. The number of amides is 1. The number of benzene rings is 2. The number of hydrogen-bond acceptors (Lipinski definition) is 4. The van der Waals surface area contributed by atoms with E-state index in [0.29, 0.717) is 22.3 Å². The second kappa shape index (κ2) is 7.82. The number of imidazole rings is 1. The maximum absolute atomic E-state index is 13.0. The minimum Gasteiger partial charge on any atom is -0.338 e. The number of carbonyl (C=O) groups excluding carboxylic acids is 1. The van der Waals surface area contributed by atoms with Crippen molar-refractivity contribution in [3.63, 3.8) is 0 Å². The van der Waals surface area contributed by atoms with Gasteiger partial charge in [0, 0.05) is 31.5 Å². The van der Waals surface area contributed by atoms with Gasteiger partial charge in [-0.15, -0.1) is 0 Å². The van der Waals surface area contributed by atoms with Crippen LogP contribution < -0.4 is 16.6 Å². The molecule has 0 saturated carbocycles. The second-order valence-electron chi connectivity index (χ2n) is 6.95. The van der Waals surface area contributed by atoms with Crippen molar-refractivity contribution in [1.29, 1.82) is 0 Å². The van der Waals surface area contributed by atoms with Crippen molar-refractivity contribution in [3.05, 3.63) is 98.7 Å². The molecule has 0 bridgehead atoms. The Morgan fingerprint density at radius 1 is 1.17 bits per heavy atom. The third-order valence-corrected chi connectivity index (χ3v) is 5.09. The molecule has 4 rings (SSSR count). The van der Waals surface area contributed by atoms with E-state index in [1.165, 1.54) is 6.07 Å². The molecule has 1 atom stereocenters. The third kappa shape index (κ3) is 3.43. The summed E-state index contributed by atoms with van der Waals surface area (Å²) in [5.74, 6) is 0.351. The summed E-state index contributed by atoms with van der Waals surface area (Å²) >= 11 is 0. The number of fused-ring (bicyclic) bond motifs is 1. The molecule has 8 nitrogen and oxygen atoms in total. The number of aromatic amines is 1. The highest BCUT2D eigenvalue weighted by Gasteiger charge is 2.21. The van der Waals surface area contributed by atoms with Crippen LogP contribution in [0.5, 0.6) is 0 Å². The summed E-state index contributed by atoms with van der Waals surface area (Å²) in [4.78, 5) is 44.7. The molecule has 2 aromatic heterocycles. The van der Waals surface area contributed by atoms with Crippen molar-refractivity contribution in [2.45, 2.75) is 19.5 Å². The van der Waals surface area contributed by atoms with E-state index >= 15 is 0 Å². The highest BCUT2D eigenvalue weighted by Crippen LogP contribution is 2.21. The highest BCUT2D eigenvalue weighted by molar-refractivity contribution is 5.98. The molecule has 2 heterocycles. The van der Waals surface area contributed by atoms with Crippen molar-refractivity contribution >= 4 is 16.8 Å². The number of rotatable bonds is 5. The molecule has 0 aliphatic rings. The van der Waals surface area contributed by atoms with Crippen molar-refractivity contribution in [2.75, 3.05) is 0 Å². The molecule has 1 unspecified atom stereocenters. The monoisotopic (exact) mass is 403 g/mol. The largest absolute Gasteiger partial charge is 0.338 e. The van der Waals surface area contributed by atoms with Crippen LogP contribution in [0.4, 0.5) is 0 Å². The Morgan fingerprint density at radius 3 is 2.60 bits per heavy atom. The molecule has 0 aliphatic heterocycles. The van der Waals surface area contributed by atoms with Crippen molar-refractivity contribution < 1.29 is 4.79 Å². The Labute approximate surface area is 171 Å². The maximum Gasteiger partial charge on any atom is 0.328 e. The maximum atomic E-state index is 13.0. The Kier molecular flexibility index (Phi) is 5.05. The zero-order chi connectivity index (χ0) is 21.3. The normalized spacial score (nSPS) is 12.1. The van der Waals surface area contributed by atoms with Gasteiger partial charge in [-0.25, -0.2) is 9.78 Å². The van der Waals surface area contributed by atoms with Crippen LogP contribution in [0.25, 0.3) is 10.9 Å². The molecule has 0 spiro atoms. The van der Waals surface area contributed by atoms with E-state index in [-0.39, 0.29) is 18.0 Å². The van der Waals surface area contributed by atoms with Crippen LogP contribution in [0.2, 0.25) is 0 Å². The molecular weight excluding hydrogens is 382 g/mol. The minimum absolute atomic E-state index is 0.273. The van der Waals surface area contributed by atoms with E-state index in [1.807, 2.05) is 48.1 Å². The number of carbonyl (C=O) groups is 1. The smallest absolute Gasteiger partial charge is 0.328 e. The van der Waals surface area contributed by atoms with Gasteiger partial charge in [0.25, 0.3) is 11.5 Å².